The third kappa shape index (κ3) is 3.88. The van der Waals surface area contributed by atoms with Gasteiger partial charge in [-0.2, -0.15) is 13.9 Å². The molecule has 0 aliphatic carbocycles. The van der Waals surface area contributed by atoms with Gasteiger partial charge < -0.3 is 9.84 Å². The van der Waals surface area contributed by atoms with Crippen molar-refractivity contribution in [3.8, 4) is 16.9 Å². The molecule has 0 aliphatic rings. The van der Waals surface area contributed by atoms with Crippen LogP contribution < -0.4 is 4.74 Å². The molecule has 0 fully saturated rings. The molecule has 0 spiro atoms. The predicted molar refractivity (Wildman–Crippen MR) is 90.9 cm³/mol. The largest absolute Gasteiger partial charge is 0.433 e. The Hall–Kier alpha value is -2.25. The van der Waals surface area contributed by atoms with Crippen molar-refractivity contribution in [2.24, 2.45) is 0 Å². The fourth-order valence-corrected chi connectivity index (χ4v) is 2.62. The molecule has 3 aromatic rings. The van der Waals surface area contributed by atoms with E-state index in [1.54, 1.807) is 23.1 Å². The molecule has 0 amide bonds. The van der Waals surface area contributed by atoms with E-state index in [0.717, 1.165) is 5.52 Å². The first-order valence-electron chi connectivity index (χ1n) is 7.72. The lowest BCUT2D eigenvalue weighted by molar-refractivity contribution is -0.0497. The van der Waals surface area contributed by atoms with Gasteiger partial charge in [-0.3, -0.25) is 9.67 Å². The Labute approximate surface area is 147 Å². The monoisotopic (exact) mass is 367 g/mol. The van der Waals surface area contributed by atoms with Gasteiger partial charge in [0, 0.05) is 11.8 Å². The molecule has 1 aromatic carbocycles. The summed E-state index contributed by atoms with van der Waals surface area (Å²) in [6.07, 6.45) is 3.35. The number of ether oxygens (including phenoxy) is 1. The number of benzene rings is 1. The first-order valence-corrected chi connectivity index (χ1v) is 8.10. The summed E-state index contributed by atoms with van der Waals surface area (Å²) >= 11 is 5.89. The maximum absolute atomic E-state index is 12.5. The molecule has 0 saturated heterocycles. The molecule has 0 radical (unpaired) electrons. The average Bonchev–Trinajstić information content (AvgIpc) is 2.98. The van der Waals surface area contributed by atoms with E-state index in [4.69, 9.17) is 11.6 Å². The molecule has 1 unspecified atom stereocenters. The van der Waals surface area contributed by atoms with Crippen LogP contribution >= 0.6 is 11.6 Å². The van der Waals surface area contributed by atoms with Crippen LogP contribution in [0.5, 0.6) is 5.75 Å². The van der Waals surface area contributed by atoms with Gasteiger partial charge in [0.1, 0.15) is 11.3 Å². The molecule has 1 N–H and O–H groups in total. The molecular formula is C17H16ClF2N3O2. The second kappa shape index (κ2) is 7.33. The summed E-state index contributed by atoms with van der Waals surface area (Å²) in [6, 6.07) is 6.48. The normalized spacial score (nSPS) is 12.7. The third-order valence-corrected chi connectivity index (χ3v) is 4.14. The predicted octanol–water partition coefficient (Wildman–Crippen LogP) is 4.12. The topological polar surface area (TPSA) is 60.2 Å². The van der Waals surface area contributed by atoms with E-state index in [9.17, 15) is 13.9 Å². The highest BCUT2D eigenvalue weighted by molar-refractivity contribution is 6.32. The number of aromatic nitrogens is 3. The van der Waals surface area contributed by atoms with Crippen LogP contribution in [-0.2, 0) is 6.54 Å². The molecule has 8 heteroatoms. The van der Waals surface area contributed by atoms with Crippen molar-refractivity contribution in [3.63, 3.8) is 0 Å². The molecule has 1 atom stereocenters. The maximum atomic E-state index is 12.5. The van der Waals surface area contributed by atoms with Gasteiger partial charge in [0.15, 0.2) is 0 Å². The van der Waals surface area contributed by atoms with E-state index in [2.05, 4.69) is 14.8 Å². The van der Waals surface area contributed by atoms with E-state index in [-0.39, 0.29) is 10.8 Å². The van der Waals surface area contributed by atoms with Gasteiger partial charge in [-0.1, -0.05) is 24.6 Å². The van der Waals surface area contributed by atoms with Crippen LogP contribution in [0.15, 0.2) is 36.7 Å². The Kier molecular flexibility index (Phi) is 5.15. The molecule has 3 rings (SSSR count). The summed E-state index contributed by atoms with van der Waals surface area (Å²) in [5.74, 6) is -0.0934. The van der Waals surface area contributed by atoms with Crippen molar-refractivity contribution in [1.29, 1.82) is 0 Å². The van der Waals surface area contributed by atoms with E-state index in [1.165, 1.54) is 12.1 Å². The highest BCUT2D eigenvalue weighted by Gasteiger charge is 2.13. The number of hydrogen-bond acceptors (Lipinski definition) is 4. The van der Waals surface area contributed by atoms with Crippen LogP contribution in [0.4, 0.5) is 8.78 Å². The number of fused-ring (bicyclic) bond motifs is 1. The lowest BCUT2D eigenvalue weighted by Crippen LogP contribution is -2.15. The number of hydrogen-bond donors (Lipinski definition) is 1. The van der Waals surface area contributed by atoms with Crippen molar-refractivity contribution in [2.75, 3.05) is 0 Å². The van der Waals surface area contributed by atoms with Crippen molar-refractivity contribution in [1.82, 2.24) is 14.8 Å². The van der Waals surface area contributed by atoms with E-state index >= 15 is 0 Å². The molecular weight excluding hydrogens is 352 g/mol. The summed E-state index contributed by atoms with van der Waals surface area (Å²) in [4.78, 5) is 4.34. The minimum Gasteiger partial charge on any atom is -0.433 e. The molecule has 0 aliphatic heterocycles. The Morgan fingerprint density at radius 3 is 2.76 bits per heavy atom. The summed E-state index contributed by atoms with van der Waals surface area (Å²) in [5.41, 5.74) is 2.77. The smallest absolute Gasteiger partial charge is 0.387 e. The Morgan fingerprint density at radius 1 is 1.24 bits per heavy atom. The second-order valence-corrected chi connectivity index (χ2v) is 5.95. The summed E-state index contributed by atoms with van der Waals surface area (Å²) < 4.78 is 31.1. The Balaban J connectivity index is 2.00. The quantitative estimate of drug-likeness (QED) is 0.711. The number of halogens is 3. The minimum atomic E-state index is -2.95. The fourth-order valence-electron chi connectivity index (χ4n) is 2.46. The van der Waals surface area contributed by atoms with Crippen molar-refractivity contribution in [3.05, 3.63) is 41.7 Å². The van der Waals surface area contributed by atoms with Crippen LogP contribution in [0.1, 0.15) is 13.3 Å². The zero-order chi connectivity index (χ0) is 18.0. The van der Waals surface area contributed by atoms with Gasteiger partial charge in [-0.05, 0) is 30.2 Å². The lowest BCUT2D eigenvalue weighted by atomic mass is 10.1. The Morgan fingerprint density at radius 2 is 2.04 bits per heavy atom. The Bertz CT molecular complexity index is 885. The third-order valence-electron chi connectivity index (χ3n) is 3.83. The van der Waals surface area contributed by atoms with Crippen molar-refractivity contribution >= 4 is 22.6 Å². The van der Waals surface area contributed by atoms with Gasteiger partial charge in [-0.25, -0.2) is 0 Å². The molecule has 5 nitrogen and oxygen atoms in total. The summed E-state index contributed by atoms with van der Waals surface area (Å²) in [5, 5.41) is 14.2. The molecule has 2 heterocycles. The highest BCUT2D eigenvalue weighted by Crippen LogP contribution is 2.32. The minimum absolute atomic E-state index is 0.0934. The van der Waals surface area contributed by atoms with Crippen LogP contribution in [0.2, 0.25) is 5.02 Å². The standard InChI is InChI=1S/C17H16ClF2N3O2/c1-2-12(24)9-23-15-5-11(7-21-14(15)8-22-23)10-3-4-13(18)16(6-10)25-17(19)20/h3-8,12,17,24H,2,9H2,1H3. The van der Waals surface area contributed by atoms with Gasteiger partial charge in [-0.15, -0.1) is 0 Å². The van der Waals surface area contributed by atoms with Crippen LogP contribution in [-0.4, -0.2) is 32.6 Å². The number of alkyl halides is 2. The summed E-state index contributed by atoms with van der Waals surface area (Å²) in [7, 11) is 0. The van der Waals surface area contributed by atoms with E-state index in [0.29, 0.717) is 29.6 Å². The van der Waals surface area contributed by atoms with Crippen LogP contribution in [0.3, 0.4) is 0 Å². The number of nitrogens with zero attached hydrogens (tertiary/aromatic N) is 3. The van der Waals surface area contributed by atoms with E-state index < -0.39 is 12.7 Å². The second-order valence-electron chi connectivity index (χ2n) is 5.54. The van der Waals surface area contributed by atoms with Crippen molar-refractivity contribution in [2.45, 2.75) is 32.6 Å². The number of pyridine rings is 1. The summed E-state index contributed by atoms with van der Waals surface area (Å²) in [6.45, 7) is -0.714. The first kappa shape index (κ1) is 17.6. The zero-order valence-corrected chi connectivity index (χ0v) is 14.1. The molecule has 132 valence electrons. The van der Waals surface area contributed by atoms with Gasteiger partial charge in [0.05, 0.1) is 29.4 Å². The lowest BCUT2D eigenvalue weighted by Gasteiger charge is -2.11. The molecule has 25 heavy (non-hydrogen) atoms. The SMILES string of the molecule is CCC(O)Cn1ncc2ncc(-c3ccc(Cl)c(OC(F)F)c3)cc21. The molecule has 0 bridgehead atoms. The van der Waals surface area contributed by atoms with E-state index in [1.807, 2.05) is 13.0 Å². The molecule has 2 aromatic heterocycles. The van der Waals surface area contributed by atoms with Gasteiger partial charge >= 0.3 is 6.61 Å². The first-order chi connectivity index (χ1) is 12.0. The number of aliphatic hydroxyl groups is 1. The fraction of sp³-hybridized carbons (Fsp3) is 0.294. The van der Waals surface area contributed by atoms with Crippen LogP contribution in [0.25, 0.3) is 22.2 Å². The van der Waals surface area contributed by atoms with Gasteiger partial charge in [0.25, 0.3) is 0 Å². The highest BCUT2D eigenvalue weighted by atomic mass is 35.5. The van der Waals surface area contributed by atoms with Crippen LogP contribution in [0, 0.1) is 0 Å². The maximum Gasteiger partial charge on any atom is 0.387 e. The van der Waals surface area contributed by atoms with Gasteiger partial charge in [0.2, 0.25) is 0 Å². The number of rotatable bonds is 6. The number of aliphatic hydroxyl groups excluding tert-OH is 1. The zero-order valence-electron chi connectivity index (χ0n) is 13.4. The average molecular weight is 368 g/mol. The van der Waals surface area contributed by atoms with Crippen molar-refractivity contribution < 1.29 is 18.6 Å². The molecule has 0 saturated carbocycles.